The van der Waals surface area contributed by atoms with E-state index in [4.69, 9.17) is 4.74 Å². The minimum Gasteiger partial charge on any atom is -0.374 e. The van der Waals surface area contributed by atoms with E-state index in [0.29, 0.717) is 41.4 Å². The third-order valence-electron chi connectivity index (χ3n) is 12.6. The van der Waals surface area contributed by atoms with E-state index in [9.17, 15) is 0 Å². The molecule has 1 nitrogen and oxygen atoms in total. The quantitative estimate of drug-likeness (QED) is 0.322. The maximum atomic E-state index is 6.57. The molecule has 0 spiro atoms. The standard InChI is InChI=1S/C39H56O/c1-20-13-14-21(2)29-28(20)26(7)36-31(23(4)17-18-38(36,9)10)33(29)34-30-22(3)15-16-24(5)35(30)39(11,12)37-27(8)40-19-25(6)32(34)37/h13-14,22-27,33-34H,15-19H2,1-12H3. The Kier molecular flexibility index (Phi) is 6.74. The van der Waals surface area contributed by atoms with Gasteiger partial charge in [0.1, 0.15) is 0 Å². The Morgan fingerprint density at radius 3 is 1.85 bits per heavy atom. The highest BCUT2D eigenvalue weighted by Crippen LogP contribution is 2.66. The molecule has 40 heavy (non-hydrogen) atoms. The summed E-state index contributed by atoms with van der Waals surface area (Å²) in [5.41, 5.74) is 17.3. The van der Waals surface area contributed by atoms with E-state index >= 15 is 0 Å². The second-order valence-corrected chi connectivity index (χ2v) is 16.0. The molecule has 8 atom stereocenters. The van der Waals surface area contributed by atoms with Gasteiger partial charge in [-0.1, -0.05) is 102 Å². The molecular formula is C39H56O. The van der Waals surface area contributed by atoms with Crippen molar-refractivity contribution in [3.05, 3.63) is 67.8 Å². The van der Waals surface area contributed by atoms with Crippen molar-refractivity contribution < 1.29 is 4.74 Å². The average Bonchev–Trinajstić information content (AvgIpc) is 2.87. The second kappa shape index (κ2) is 9.45. The van der Waals surface area contributed by atoms with Crippen LogP contribution in [0.1, 0.15) is 129 Å². The van der Waals surface area contributed by atoms with E-state index in [1.807, 2.05) is 11.1 Å². The molecule has 0 aromatic heterocycles. The SMILES string of the molecule is Cc1ccc(C)c2c1C(C)C1=C(C(C)CCC1(C)C)C2C1C2=C(C(C)CCC2C)C(C)(C)C2=C1C(C)COC2C. The summed E-state index contributed by atoms with van der Waals surface area (Å²) in [7, 11) is 0. The molecule has 1 heterocycles. The molecule has 4 aliphatic carbocycles. The number of benzene rings is 1. The summed E-state index contributed by atoms with van der Waals surface area (Å²) in [6, 6.07) is 4.86. The van der Waals surface area contributed by atoms with Gasteiger partial charge in [0, 0.05) is 29.1 Å². The Morgan fingerprint density at radius 2 is 1.18 bits per heavy atom. The van der Waals surface area contributed by atoms with Gasteiger partial charge in [-0.3, -0.25) is 0 Å². The summed E-state index contributed by atoms with van der Waals surface area (Å²) in [4.78, 5) is 0. The minimum absolute atomic E-state index is 0.0600. The first-order valence-corrected chi connectivity index (χ1v) is 16.6. The number of aryl methyl sites for hydroxylation is 2. The summed E-state index contributed by atoms with van der Waals surface area (Å²) in [6.45, 7) is 30.9. The van der Waals surface area contributed by atoms with Gasteiger partial charge in [0.15, 0.2) is 0 Å². The van der Waals surface area contributed by atoms with Crippen LogP contribution in [0.2, 0.25) is 0 Å². The highest BCUT2D eigenvalue weighted by molar-refractivity contribution is 5.61. The summed E-state index contributed by atoms with van der Waals surface area (Å²) in [5, 5.41) is 0. The Hall–Kier alpha value is -1.60. The average molecular weight is 541 g/mol. The third kappa shape index (κ3) is 3.81. The number of rotatable bonds is 1. The lowest BCUT2D eigenvalue weighted by Crippen LogP contribution is -2.47. The van der Waals surface area contributed by atoms with E-state index in [-0.39, 0.29) is 16.9 Å². The molecule has 1 aliphatic heterocycles. The molecule has 218 valence electrons. The zero-order chi connectivity index (χ0) is 29.0. The van der Waals surface area contributed by atoms with Crippen LogP contribution in [0, 0.1) is 54.3 Å². The number of ether oxygens (including phenoxy) is 1. The molecule has 1 heteroatoms. The fourth-order valence-corrected chi connectivity index (χ4v) is 11.1. The Morgan fingerprint density at radius 1 is 0.625 bits per heavy atom. The Bertz CT molecular complexity index is 1280. The van der Waals surface area contributed by atoms with Crippen molar-refractivity contribution >= 4 is 0 Å². The fraction of sp³-hybridized carbons (Fsp3) is 0.692. The molecule has 0 saturated heterocycles. The molecule has 0 radical (unpaired) electrons. The fourth-order valence-electron chi connectivity index (χ4n) is 11.1. The zero-order valence-electron chi connectivity index (χ0n) is 27.7. The van der Waals surface area contributed by atoms with Crippen LogP contribution in [0.15, 0.2) is 45.6 Å². The van der Waals surface area contributed by atoms with Gasteiger partial charge in [-0.05, 0) is 97.5 Å². The van der Waals surface area contributed by atoms with Crippen molar-refractivity contribution in [3.63, 3.8) is 0 Å². The molecule has 5 aliphatic rings. The number of fused-ring (bicyclic) bond motifs is 1. The summed E-state index contributed by atoms with van der Waals surface area (Å²) >= 11 is 0. The van der Waals surface area contributed by atoms with E-state index in [2.05, 4.69) is 95.2 Å². The second-order valence-electron chi connectivity index (χ2n) is 16.0. The lowest BCUT2D eigenvalue weighted by Gasteiger charge is -2.57. The summed E-state index contributed by atoms with van der Waals surface area (Å²) < 4.78 is 6.57. The molecule has 1 aromatic rings. The first-order chi connectivity index (χ1) is 18.7. The summed E-state index contributed by atoms with van der Waals surface area (Å²) in [6.07, 6.45) is 5.45. The normalized spacial score (nSPS) is 38.5. The van der Waals surface area contributed by atoms with Crippen molar-refractivity contribution in [2.75, 3.05) is 6.61 Å². The van der Waals surface area contributed by atoms with E-state index in [0.717, 1.165) is 6.61 Å². The van der Waals surface area contributed by atoms with E-state index in [1.165, 1.54) is 36.8 Å². The first-order valence-electron chi connectivity index (χ1n) is 16.6. The van der Waals surface area contributed by atoms with Crippen LogP contribution in [-0.2, 0) is 4.74 Å². The van der Waals surface area contributed by atoms with Gasteiger partial charge in [-0.2, -0.15) is 0 Å². The zero-order valence-corrected chi connectivity index (χ0v) is 27.7. The molecule has 0 bridgehead atoms. The topological polar surface area (TPSA) is 9.23 Å². The van der Waals surface area contributed by atoms with Crippen LogP contribution in [0.5, 0.6) is 0 Å². The van der Waals surface area contributed by atoms with Gasteiger partial charge in [-0.25, -0.2) is 0 Å². The Balaban J connectivity index is 1.77. The van der Waals surface area contributed by atoms with Crippen LogP contribution < -0.4 is 0 Å². The lowest BCUT2D eigenvalue weighted by molar-refractivity contribution is 0.0360. The van der Waals surface area contributed by atoms with E-state index < -0.39 is 0 Å². The summed E-state index contributed by atoms with van der Waals surface area (Å²) in [5.74, 6) is 3.77. The first kappa shape index (κ1) is 28.5. The van der Waals surface area contributed by atoms with Crippen molar-refractivity contribution in [3.8, 4) is 0 Å². The molecule has 0 amide bonds. The molecule has 6 rings (SSSR count). The van der Waals surface area contributed by atoms with Crippen molar-refractivity contribution in [1.82, 2.24) is 0 Å². The van der Waals surface area contributed by atoms with Crippen molar-refractivity contribution in [2.24, 2.45) is 40.4 Å². The highest BCUT2D eigenvalue weighted by atomic mass is 16.5. The molecule has 8 unspecified atom stereocenters. The molecule has 0 saturated carbocycles. The highest BCUT2D eigenvalue weighted by Gasteiger charge is 2.55. The van der Waals surface area contributed by atoms with Crippen molar-refractivity contribution in [1.29, 1.82) is 0 Å². The molecule has 1 aromatic carbocycles. The maximum absolute atomic E-state index is 6.57. The van der Waals surface area contributed by atoms with Crippen LogP contribution in [-0.4, -0.2) is 12.7 Å². The minimum atomic E-state index is 0.0600. The van der Waals surface area contributed by atoms with Crippen molar-refractivity contribution in [2.45, 2.75) is 127 Å². The van der Waals surface area contributed by atoms with Gasteiger partial charge in [0.2, 0.25) is 0 Å². The molecular weight excluding hydrogens is 484 g/mol. The van der Waals surface area contributed by atoms with Gasteiger partial charge in [0.25, 0.3) is 0 Å². The van der Waals surface area contributed by atoms with Gasteiger partial charge >= 0.3 is 0 Å². The van der Waals surface area contributed by atoms with E-state index in [1.54, 1.807) is 33.4 Å². The van der Waals surface area contributed by atoms with Crippen LogP contribution in [0.3, 0.4) is 0 Å². The monoisotopic (exact) mass is 540 g/mol. The van der Waals surface area contributed by atoms with Crippen LogP contribution in [0.25, 0.3) is 0 Å². The lowest BCUT2D eigenvalue weighted by atomic mass is 9.48. The smallest absolute Gasteiger partial charge is 0.0768 e. The molecule has 0 fully saturated rings. The van der Waals surface area contributed by atoms with Gasteiger partial charge < -0.3 is 4.74 Å². The van der Waals surface area contributed by atoms with Gasteiger partial charge in [0.05, 0.1) is 12.7 Å². The van der Waals surface area contributed by atoms with Crippen LogP contribution in [0.4, 0.5) is 0 Å². The number of allylic oxidation sites excluding steroid dienone is 4. The number of hydrogen-bond acceptors (Lipinski definition) is 1. The molecule has 0 N–H and O–H groups in total. The van der Waals surface area contributed by atoms with Gasteiger partial charge in [-0.15, -0.1) is 0 Å². The Labute approximate surface area is 245 Å². The maximum Gasteiger partial charge on any atom is 0.0768 e. The predicted molar refractivity (Wildman–Crippen MR) is 170 cm³/mol. The van der Waals surface area contributed by atoms with Crippen LogP contribution >= 0.6 is 0 Å². The largest absolute Gasteiger partial charge is 0.374 e. The number of hydrogen-bond donors (Lipinski definition) is 0. The third-order valence-corrected chi connectivity index (χ3v) is 12.6. The predicted octanol–water partition coefficient (Wildman–Crippen LogP) is 10.6.